The van der Waals surface area contributed by atoms with Gasteiger partial charge in [0.25, 0.3) is 0 Å². The maximum Gasteiger partial charge on any atom is 0.249 e. The number of hydrogen-bond donors (Lipinski definition) is 2. The molecule has 0 spiro atoms. The maximum absolute atomic E-state index is 12.4. The summed E-state index contributed by atoms with van der Waals surface area (Å²) in [7, 11) is 2.06. The number of aliphatic imine (C=N–C) groups is 1. The van der Waals surface area contributed by atoms with Crippen molar-refractivity contribution in [3.8, 4) is 0 Å². The summed E-state index contributed by atoms with van der Waals surface area (Å²) in [5.74, 6) is -0.00508. The molecule has 1 aromatic carbocycles. The Morgan fingerprint density at radius 2 is 2.08 bits per heavy atom. The first-order chi connectivity index (χ1) is 11.5. The lowest BCUT2D eigenvalue weighted by atomic mass is 10.1. The Morgan fingerprint density at radius 1 is 1.33 bits per heavy atom. The number of carbonyl (C=O) groups excluding carboxylic acids is 2. The molecule has 3 rings (SSSR count). The van der Waals surface area contributed by atoms with E-state index in [0.717, 1.165) is 26.2 Å². The number of anilines is 1. The summed E-state index contributed by atoms with van der Waals surface area (Å²) in [5.41, 5.74) is 0.592. The minimum atomic E-state index is -0.729. The van der Waals surface area contributed by atoms with Crippen LogP contribution in [0.25, 0.3) is 0 Å². The van der Waals surface area contributed by atoms with Crippen molar-refractivity contribution < 1.29 is 9.59 Å². The zero-order valence-corrected chi connectivity index (χ0v) is 14.2. The van der Waals surface area contributed by atoms with Crippen LogP contribution in [-0.4, -0.2) is 66.8 Å². The fraction of sp³-hybridized carbons (Fsp3) is 0.438. The number of likely N-dealkylation sites (N-methyl/N-ethyl adjacent to an activating group) is 1. The Balaban J connectivity index is 1.70. The minimum Gasteiger partial charge on any atom is -0.340 e. The van der Waals surface area contributed by atoms with E-state index >= 15 is 0 Å². The van der Waals surface area contributed by atoms with Gasteiger partial charge in [-0.15, -0.1) is 0 Å². The highest BCUT2D eigenvalue weighted by molar-refractivity contribution is 6.30. The third kappa shape index (κ3) is 4.04. The van der Waals surface area contributed by atoms with E-state index in [1.807, 2.05) is 4.90 Å². The van der Waals surface area contributed by atoms with E-state index in [0.29, 0.717) is 16.7 Å². The Bertz CT molecular complexity index is 670. The molecule has 2 N–H and O–H groups in total. The number of nitrogens with one attached hydrogen (secondary N) is 2. The SMILES string of the molecule is CN1CCN(C2=NC(C(=O)Nc3cccc(Cl)c3)CC(=O)N2)CC1. The Hall–Kier alpha value is -2.12. The molecule has 2 aliphatic heterocycles. The zero-order chi connectivity index (χ0) is 17.1. The van der Waals surface area contributed by atoms with Gasteiger partial charge in [-0.1, -0.05) is 17.7 Å². The van der Waals surface area contributed by atoms with Crippen LogP contribution in [0.2, 0.25) is 5.02 Å². The second kappa shape index (κ2) is 7.19. The normalized spacial score (nSPS) is 21.9. The molecule has 1 saturated heterocycles. The summed E-state index contributed by atoms with van der Waals surface area (Å²) in [6.45, 7) is 3.35. The number of rotatable bonds is 2. The van der Waals surface area contributed by atoms with Crippen molar-refractivity contribution in [2.45, 2.75) is 12.5 Å². The van der Waals surface area contributed by atoms with Crippen molar-refractivity contribution in [1.29, 1.82) is 0 Å². The van der Waals surface area contributed by atoms with Crippen LogP contribution in [-0.2, 0) is 9.59 Å². The van der Waals surface area contributed by atoms with Crippen LogP contribution in [0.15, 0.2) is 29.3 Å². The number of piperazine rings is 1. The van der Waals surface area contributed by atoms with E-state index in [4.69, 9.17) is 11.6 Å². The summed E-state index contributed by atoms with van der Waals surface area (Å²) in [4.78, 5) is 33.1. The van der Waals surface area contributed by atoms with Gasteiger partial charge in [-0.3, -0.25) is 14.9 Å². The lowest BCUT2D eigenvalue weighted by molar-refractivity contribution is -0.125. The van der Waals surface area contributed by atoms with Crippen molar-refractivity contribution >= 4 is 35.1 Å². The predicted molar refractivity (Wildman–Crippen MR) is 93.1 cm³/mol. The molecule has 1 atom stereocenters. The first-order valence-corrected chi connectivity index (χ1v) is 8.26. The van der Waals surface area contributed by atoms with E-state index < -0.39 is 6.04 Å². The second-order valence-electron chi connectivity index (χ2n) is 6.01. The van der Waals surface area contributed by atoms with Gasteiger partial charge in [-0.05, 0) is 25.2 Å². The molecule has 1 aromatic rings. The largest absolute Gasteiger partial charge is 0.340 e. The van der Waals surface area contributed by atoms with Crippen molar-refractivity contribution in [3.63, 3.8) is 0 Å². The van der Waals surface area contributed by atoms with Crippen molar-refractivity contribution in [1.82, 2.24) is 15.1 Å². The van der Waals surface area contributed by atoms with Crippen LogP contribution in [0.1, 0.15) is 6.42 Å². The van der Waals surface area contributed by atoms with Gasteiger partial charge >= 0.3 is 0 Å². The standard InChI is InChI=1S/C16H20ClN5O2/c1-21-5-7-22(8-6-21)16-19-13(10-14(23)20-16)15(24)18-12-4-2-3-11(17)9-12/h2-4,9,13H,5-8,10H2,1H3,(H,18,24)(H,19,20,23). The topological polar surface area (TPSA) is 77.0 Å². The Kier molecular flexibility index (Phi) is 5.01. The summed E-state index contributed by atoms with van der Waals surface area (Å²) in [6, 6.07) is 6.16. The van der Waals surface area contributed by atoms with Gasteiger partial charge in [-0.25, -0.2) is 4.99 Å². The highest BCUT2D eigenvalue weighted by atomic mass is 35.5. The third-order valence-corrected chi connectivity index (χ3v) is 4.34. The Labute approximate surface area is 145 Å². The van der Waals surface area contributed by atoms with Crippen LogP contribution in [0.5, 0.6) is 0 Å². The molecule has 0 saturated carbocycles. The minimum absolute atomic E-state index is 0.0453. The number of hydrogen-bond acceptors (Lipinski definition) is 5. The molecule has 2 amide bonds. The molecule has 1 unspecified atom stereocenters. The first-order valence-electron chi connectivity index (χ1n) is 7.89. The summed E-state index contributed by atoms with van der Waals surface area (Å²) in [5, 5.41) is 6.08. The summed E-state index contributed by atoms with van der Waals surface area (Å²) < 4.78 is 0. The van der Waals surface area contributed by atoms with Crippen molar-refractivity contribution in [2.24, 2.45) is 4.99 Å². The van der Waals surface area contributed by atoms with E-state index in [1.165, 1.54) is 0 Å². The second-order valence-corrected chi connectivity index (χ2v) is 6.45. The molecule has 0 aromatic heterocycles. The fourth-order valence-corrected chi connectivity index (χ4v) is 2.89. The van der Waals surface area contributed by atoms with Gasteiger partial charge in [0.2, 0.25) is 17.8 Å². The van der Waals surface area contributed by atoms with Gasteiger partial charge in [0.05, 0.1) is 6.42 Å². The molecule has 2 heterocycles. The van der Waals surface area contributed by atoms with Gasteiger partial charge in [-0.2, -0.15) is 0 Å². The summed E-state index contributed by atoms with van der Waals surface area (Å²) >= 11 is 5.92. The first kappa shape index (κ1) is 16.7. The molecule has 8 heteroatoms. The van der Waals surface area contributed by atoms with Crippen LogP contribution in [0, 0.1) is 0 Å². The lowest BCUT2D eigenvalue weighted by Gasteiger charge is -2.36. The van der Waals surface area contributed by atoms with Gasteiger partial charge < -0.3 is 15.1 Å². The van der Waals surface area contributed by atoms with Crippen LogP contribution < -0.4 is 10.6 Å². The number of benzene rings is 1. The number of nitrogens with zero attached hydrogens (tertiary/aromatic N) is 3. The van der Waals surface area contributed by atoms with Crippen molar-refractivity contribution in [3.05, 3.63) is 29.3 Å². The smallest absolute Gasteiger partial charge is 0.249 e. The van der Waals surface area contributed by atoms with Crippen molar-refractivity contribution in [2.75, 3.05) is 38.5 Å². The van der Waals surface area contributed by atoms with E-state index in [-0.39, 0.29) is 18.2 Å². The van der Waals surface area contributed by atoms with E-state index in [9.17, 15) is 9.59 Å². The highest BCUT2D eigenvalue weighted by Gasteiger charge is 2.30. The van der Waals surface area contributed by atoms with Gasteiger partial charge in [0, 0.05) is 36.9 Å². The molecule has 7 nitrogen and oxygen atoms in total. The summed E-state index contributed by atoms with van der Waals surface area (Å²) in [6.07, 6.45) is 0.0453. The maximum atomic E-state index is 12.4. The van der Waals surface area contributed by atoms with Crippen LogP contribution >= 0.6 is 11.6 Å². The average Bonchev–Trinajstić information content (AvgIpc) is 2.55. The molecule has 2 aliphatic rings. The zero-order valence-electron chi connectivity index (χ0n) is 13.5. The van der Waals surface area contributed by atoms with Crippen LogP contribution in [0.4, 0.5) is 5.69 Å². The van der Waals surface area contributed by atoms with Crippen LogP contribution in [0.3, 0.4) is 0 Å². The van der Waals surface area contributed by atoms with Gasteiger partial charge in [0.1, 0.15) is 6.04 Å². The molecule has 0 bridgehead atoms. The monoisotopic (exact) mass is 349 g/mol. The quantitative estimate of drug-likeness (QED) is 0.827. The van der Waals surface area contributed by atoms with E-state index in [1.54, 1.807) is 24.3 Å². The molecule has 0 aliphatic carbocycles. The molecule has 0 radical (unpaired) electrons. The Morgan fingerprint density at radius 3 is 2.79 bits per heavy atom. The van der Waals surface area contributed by atoms with Gasteiger partial charge in [0.15, 0.2) is 0 Å². The molecular formula is C16H20ClN5O2. The molecule has 128 valence electrons. The number of guanidine groups is 1. The number of halogens is 1. The molecule has 24 heavy (non-hydrogen) atoms. The average molecular weight is 350 g/mol. The third-order valence-electron chi connectivity index (χ3n) is 4.11. The predicted octanol–water partition coefficient (Wildman–Crippen LogP) is 0.770. The number of amides is 2. The van der Waals surface area contributed by atoms with E-state index in [2.05, 4.69) is 27.6 Å². The lowest BCUT2D eigenvalue weighted by Crippen LogP contribution is -2.55. The molecule has 1 fully saturated rings. The number of carbonyl (C=O) groups is 2. The molecular weight excluding hydrogens is 330 g/mol. The highest BCUT2D eigenvalue weighted by Crippen LogP contribution is 2.17. The fourth-order valence-electron chi connectivity index (χ4n) is 2.70.